The zero-order valence-electron chi connectivity index (χ0n) is 18.0. The van der Waals surface area contributed by atoms with Gasteiger partial charge >= 0.3 is 12.1 Å². The van der Waals surface area contributed by atoms with Crippen LogP contribution in [0.3, 0.4) is 0 Å². The van der Waals surface area contributed by atoms with Gasteiger partial charge in [0.05, 0.1) is 16.8 Å². The lowest BCUT2D eigenvalue weighted by molar-refractivity contribution is -0.140. The monoisotopic (exact) mass is 480 g/mol. The Kier molecular flexibility index (Phi) is 6.41. The van der Waals surface area contributed by atoms with Crippen LogP contribution < -0.4 is 5.32 Å². The number of hydrogen-bond acceptors (Lipinski definition) is 5. The van der Waals surface area contributed by atoms with Crippen molar-refractivity contribution in [2.75, 3.05) is 5.32 Å². The Labute approximate surface area is 200 Å². The average molecular weight is 481 g/mol. The zero-order chi connectivity index (χ0) is 23.6. The summed E-state index contributed by atoms with van der Waals surface area (Å²) in [7, 11) is 0. The molecule has 1 aromatic heterocycles. The van der Waals surface area contributed by atoms with E-state index >= 15 is 0 Å². The van der Waals surface area contributed by atoms with Crippen molar-refractivity contribution in [1.82, 2.24) is 4.37 Å². The number of aromatic nitrogens is 1. The van der Waals surface area contributed by atoms with E-state index in [0.717, 1.165) is 11.1 Å². The fraction of sp³-hybridized carbons (Fsp3) is 0.240. The topological polar surface area (TPSA) is 88.5 Å². The van der Waals surface area contributed by atoms with Crippen molar-refractivity contribution in [3.05, 3.63) is 80.8 Å². The first-order chi connectivity index (χ1) is 15.8. The molecule has 8 heteroatoms. The highest BCUT2D eigenvalue weighted by molar-refractivity contribution is 7.07. The molecule has 1 aliphatic carbocycles. The van der Waals surface area contributed by atoms with Gasteiger partial charge < -0.3 is 9.84 Å². The van der Waals surface area contributed by atoms with E-state index in [1.807, 2.05) is 36.4 Å². The molecule has 2 aromatic carbocycles. The van der Waals surface area contributed by atoms with Gasteiger partial charge in [-0.3, -0.25) is 10.1 Å². The molecule has 1 heterocycles. The van der Waals surface area contributed by atoms with Crippen LogP contribution in [0.5, 0.6) is 0 Å². The summed E-state index contributed by atoms with van der Waals surface area (Å²) in [6.07, 6.45) is 0.169. The Hall–Kier alpha value is -3.34. The molecular formula is C25H21ClN2O4S. The van der Waals surface area contributed by atoms with E-state index in [2.05, 4.69) is 21.5 Å². The standard InChI is InChI=1S/C25H21ClN2O4S/c1-15-22(27-24(31)32-16(2)19-5-3-4-6-20(19)26)21(33-28-15)12-9-17-7-10-18(11-8-17)25(13-14-25)23(29)30/h3-8,10-11,16H,13-14H2,1-2H3,(H,27,31)(H,29,30). The molecule has 1 fully saturated rings. The van der Waals surface area contributed by atoms with Crippen molar-refractivity contribution >= 4 is 40.9 Å². The first-order valence-electron chi connectivity index (χ1n) is 10.3. The van der Waals surface area contributed by atoms with Crippen LogP contribution in [0.15, 0.2) is 48.5 Å². The molecule has 0 bridgehead atoms. The molecule has 1 saturated carbocycles. The van der Waals surface area contributed by atoms with E-state index in [4.69, 9.17) is 16.3 Å². The van der Waals surface area contributed by atoms with Crippen LogP contribution in [0.4, 0.5) is 10.5 Å². The number of anilines is 1. The summed E-state index contributed by atoms with van der Waals surface area (Å²) >= 11 is 7.37. The minimum Gasteiger partial charge on any atom is -0.481 e. The number of carboxylic acid groups (broad SMARTS) is 1. The number of carbonyl (C=O) groups excluding carboxylic acids is 1. The average Bonchev–Trinajstić information content (AvgIpc) is 3.54. The SMILES string of the molecule is Cc1nsc(C#Cc2ccc(C3(C(=O)O)CC3)cc2)c1NC(=O)OC(C)c1ccccc1Cl. The lowest BCUT2D eigenvalue weighted by Crippen LogP contribution is -2.19. The number of nitrogens with one attached hydrogen (secondary N) is 1. The number of rotatable bonds is 5. The van der Waals surface area contributed by atoms with Crippen LogP contribution in [0.2, 0.25) is 5.02 Å². The molecule has 4 rings (SSSR count). The van der Waals surface area contributed by atoms with Crippen molar-refractivity contribution in [3.8, 4) is 11.8 Å². The molecular weight excluding hydrogens is 460 g/mol. The fourth-order valence-electron chi connectivity index (χ4n) is 3.52. The Morgan fingerprint density at radius 3 is 2.52 bits per heavy atom. The highest BCUT2D eigenvalue weighted by atomic mass is 35.5. The lowest BCUT2D eigenvalue weighted by atomic mass is 9.95. The van der Waals surface area contributed by atoms with Gasteiger partial charge in [-0.1, -0.05) is 47.9 Å². The van der Waals surface area contributed by atoms with Gasteiger partial charge in [-0.15, -0.1) is 0 Å². The second-order valence-electron chi connectivity index (χ2n) is 7.88. The van der Waals surface area contributed by atoms with Gasteiger partial charge in [0, 0.05) is 16.1 Å². The first-order valence-corrected chi connectivity index (χ1v) is 11.5. The second-order valence-corrected chi connectivity index (χ2v) is 9.06. The number of halogens is 1. The van der Waals surface area contributed by atoms with E-state index in [1.165, 1.54) is 11.5 Å². The van der Waals surface area contributed by atoms with Crippen molar-refractivity contribution in [2.24, 2.45) is 0 Å². The summed E-state index contributed by atoms with van der Waals surface area (Å²) in [5, 5.41) is 12.7. The number of hydrogen-bond donors (Lipinski definition) is 2. The minimum atomic E-state index is -0.784. The molecule has 1 unspecified atom stereocenters. The predicted molar refractivity (Wildman–Crippen MR) is 128 cm³/mol. The van der Waals surface area contributed by atoms with Crippen LogP contribution in [-0.4, -0.2) is 21.5 Å². The summed E-state index contributed by atoms with van der Waals surface area (Å²) in [6.45, 7) is 3.53. The largest absolute Gasteiger partial charge is 0.481 e. The van der Waals surface area contributed by atoms with E-state index < -0.39 is 23.6 Å². The van der Waals surface area contributed by atoms with Crippen molar-refractivity contribution in [1.29, 1.82) is 0 Å². The molecule has 0 spiro atoms. The van der Waals surface area contributed by atoms with Gasteiger partial charge in [0.25, 0.3) is 0 Å². The third kappa shape index (κ3) is 4.87. The van der Waals surface area contributed by atoms with Gasteiger partial charge in [0.15, 0.2) is 0 Å². The third-order valence-electron chi connectivity index (χ3n) is 5.63. The number of aryl methyl sites for hydroxylation is 1. The highest BCUT2D eigenvalue weighted by Gasteiger charge is 2.51. The second kappa shape index (κ2) is 9.26. The molecule has 2 N–H and O–H groups in total. The minimum absolute atomic E-state index is 0.503. The van der Waals surface area contributed by atoms with Crippen LogP contribution in [0.25, 0.3) is 0 Å². The number of carbonyl (C=O) groups is 2. The smallest absolute Gasteiger partial charge is 0.412 e. The number of ether oxygens (including phenoxy) is 1. The Morgan fingerprint density at radius 2 is 1.88 bits per heavy atom. The fourth-order valence-corrected chi connectivity index (χ4v) is 4.51. The maximum absolute atomic E-state index is 12.5. The molecule has 6 nitrogen and oxygen atoms in total. The molecule has 0 saturated heterocycles. The normalized spacial score (nSPS) is 14.5. The highest BCUT2D eigenvalue weighted by Crippen LogP contribution is 2.48. The molecule has 1 amide bonds. The quantitative estimate of drug-likeness (QED) is 0.442. The van der Waals surface area contributed by atoms with Gasteiger partial charge in [0.2, 0.25) is 0 Å². The van der Waals surface area contributed by atoms with Gasteiger partial charge in [-0.2, -0.15) is 4.37 Å². The van der Waals surface area contributed by atoms with E-state index in [9.17, 15) is 14.7 Å². The van der Waals surface area contributed by atoms with Crippen LogP contribution in [0, 0.1) is 18.8 Å². The first kappa shape index (κ1) is 22.8. The molecule has 33 heavy (non-hydrogen) atoms. The molecule has 1 aliphatic rings. The number of nitrogens with zero attached hydrogens (tertiary/aromatic N) is 1. The van der Waals surface area contributed by atoms with Crippen LogP contribution >= 0.6 is 23.1 Å². The van der Waals surface area contributed by atoms with E-state index in [0.29, 0.717) is 39.7 Å². The van der Waals surface area contributed by atoms with Crippen LogP contribution in [-0.2, 0) is 14.9 Å². The number of aliphatic carboxylic acids is 1. The molecule has 0 aliphatic heterocycles. The molecule has 168 valence electrons. The van der Waals surface area contributed by atoms with Crippen molar-refractivity contribution in [2.45, 2.75) is 38.2 Å². The van der Waals surface area contributed by atoms with E-state index in [1.54, 1.807) is 26.0 Å². The lowest BCUT2D eigenvalue weighted by Gasteiger charge is -2.15. The molecule has 0 radical (unpaired) electrons. The summed E-state index contributed by atoms with van der Waals surface area (Å²) in [5.74, 6) is 5.31. The number of benzene rings is 2. The van der Waals surface area contributed by atoms with Crippen molar-refractivity contribution in [3.63, 3.8) is 0 Å². The summed E-state index contributed by atoms with van der Waals surface area (Å²) < 4.78 is 9.77. The number of amides is 1. The maximum atomic E-state index is 12.5. The van der Waals surface area contributed by atoms with Crippen LogP contribution in [0.1, 0.15) is 53.1 Å². The Morgan fingerprint density at radius 1 is 1.18 bits per heavy atom. The Balaban J connectivity index is 1.46. The van der Waals surface area contributed by atoms with Crippen molar-refractivity contribution < 1.29 is 19.4 Å². The van der Waals surface area contributed by atoms with Gasteiger partial charge in [0.1, 0.15) is 11.0 Å². The van der Waals surface area contributed by atoms with Gasteiger partial charge in [-0.05, 0) is 67.9 Å². The summed E-state index contributed by atoms with van der Waals surface area (Å²) in [6, 6.07) is 14.4. The third-order valence-corrected chi connectivity index (χ3v) is 6.83. The van der Waals surface area contributed by atoms with Gasteiger partial charge in [-0.25, -0.2) is 4.79 Å². The predicted octanol–water partition coefficient (Wildman–Crippen LogP) is 5.93. The summed E-state index contributed by atoms with van der Waals surface area (Å²) in [4.78, 5) is 24.6. The Bertz CT molecular complexity index is 1270. The maximum Gasteiger partial charge on any atom is 0.412 e. The number of carboxylic acids is 1. The van der Waals surface area contributed by atoms with E-state index in [-0.39, 0.29) is 0 Å². The summed E-state index contributed by atoms with van der Waals surface area (Å²) in [5.41, 5.74) is 2.66. The molecule has 3 aromatic rings. The molecule has 1 atom stereocenters. The zero-order valence-corrected chi connectivity index (χ0v) is 19.6.